The highest BCUT2D eigenvalue weighted by atomic mass is 35.5. The van der Waals surface area contributed by atoms with Gasteiger partial charge in [0.25, 0.3) is 0 Å². The van der Waals surface area contributed by atoms with Crippen LogP contribution in [0.3, 0.4) is 0 Å². The van der Waals surface area contributed by atoms with E-state index in [0.29, 0.717) is 18.5 Å². The van der Waals surface area contributed by atoms with Gasteiger partial charge in [0.15, 0.2) is 5.82 Å². The minimum Gasteiger partial charge on any atom is -0.307 e. The molecule has 84 valence electrons. The molecule has 1 aliphatic rings. The molecule has 2 unspecified atom stereocenters. The molecule has 5 nitrogen and oxygen atoms in total. The zero-order chi connectivity index (χ0) is 10.7. The Hall–Kier alpha value is -0.680. The number of nitrogens with one attached hydrogen (secondary N) is 1. The van der Waals surface area contributed by atoms with Crippen LogP contribution in [0.25, 0.3) is 0 Å². The molecule has 0 saturated heterocycles. The van der Waals surface area contributed by atoms with Crippen LogP contribution < -0.4 is 5.32 Å². The van der Waals surface area contributed by atoms with Crippen LogP contribution in [0.4, 0.5) is 0 Å². The summed E-state index contributed by atoms with van der Waals surface area (Å²) in [4.78, 5) is 1.48. The first kappa shape index (κ1) is 10.8. The minimum absolute atomic E-state index is 0.520. The summed E-state index contributed by atoms with van der Waals surface area (Å²) in [6, 6.07) is 0.520. The summed E-state index contributed by atoms with van der Waals surface area (Å²) in [5.74, 6) is 2.09. The molecule has 0 spiro atoms. The number of alkyl halides is 1. The topological polar surface area (TPSA) is 55.6 Å². The third-order valence-corrected chi connectivity index (χ3v) is 3.33. The molecule has 1 heterocycles. The van der Waals surface area contributed by atoms with Crippen LogP contribution in [0.5, 0.6) is 0 Å². The first-order valence-electron chi connectivity index (χ1n) is 5.32. The molecule has 1 N–H and O–H groups in total. The summed E-state index contributed by atoms with van der Waals surface area (Å²) in [5.41, 5.74) is 0. The molecule has 1 saturated carbocycles. The zero-order valence-electron chi connectivity index (χ0n) is 8.86. The number of halogens is 1. The molecule has 2 atom stereocenters. The van der Waals surface area contributed by atoms with E-state index >= 15 is 0 Å². The lowest BCUT2D eigenvalue weighted by atomic mass is 10.1. The second kappa shape index (κ2) is 4.90. The predicted molar refractivity (Wildman–Crippen MR) is 57.5 cm³/mol. The first-order valence-corrected chi connectivity index (χ1v) is 5.85. The standard InChI is InChI=1S/C9H16ClN5/c1-15-13-9(12-14-15)6-11-8-4-2-3-7(8)5-10/h7-8,11H,2-6H2,1H3. The van der Waals surface area contributed by atoms with Crippen molar-refractivity contribution in [2.45, 2.75) is 31.8 Å². The SMILES string of the molecule is Cn1nnc(CNC2CCCC2CCl)n1. The van der Waals surface area contributed by atoms with E-state index < -0.39 is 0 Å². The van der Waals surface area contributed by atoms with Crippen LogP contribution >= 0.6 is 11.6 Å². The summed E-state index contributed by atoms with van der Waals surface area (Å²) in [7, 11) is 1.77. The fraction of sp³-hybridized carbons (Fsp3) is 0.889. The van der Waals surface area contributed by atoms with Crippen molar-refractivity contribution < 1.29 is 0 Å². The third kappa shape index (κ3) is 2.66. The summed E-state index contributed by atoms with van der Waals surface area (Å²) in [6.45, 7) is 0.686. The molecule has 1 aromatic heterocycles. The fourth-order valence-electron chi connectivity index (χ4n) is 2.11. The Bertz CT molecular complexity index is 313. The van der Waals surface area contributed by atoms with E-state index in [0.717, 1.165) is 11.7 Å². The van der Waals surface area contributed by atoms with Gasteiger partial charge in [-0.25, -0.2) is 0 Å². The van der Waals surface area contributed by atoms with Gasteiger partial charge in [-0.05, 0) is 24.0 Å². The van der Waals surface area contributed by atoms with E-state index in [-0.39, 0.29) is 0 Å². The highest BCUT2D eigenvalue weighted by molar-refractivity contribution is 6.18. The number of tetrazole rings is 1. The summed E-state index contributed by atoms with van der Waals surface area (Å²) >= 11 is 5.90. The Labute approximate surface area is 94.2 Å². The van der Waals surface area contributed by atoms with E-state index in [1.807, 2.05) is 0 Å². The smallest absolute Gasteiger partial charge is 0.188 e. The highest BCUT2D eigenvalue weighted by Gasteiger charge is 2.26. The quantitative estimate of drug-likeness (QED) is 0.773. The minimum atomic E-state index is 0.520. The van der Waals surface area contributed by atoms with Crippen LogP contribution in [0.15, 0.2) is 0 Å². The highest BCUT2D eigenvalue weighted by Crippen LogP contribution is 2.26. The van der Waals surface area contributed by atoms with Crippen molar-refractivity contribution in [1.29, 1.82) is 0 Å². The maximum atomic E-state index is 5.90. The van der Waals surface area contributed by atoms with Gasteiger partial charge in [-0.3, -0.25) is 0 Å². The lowest BCUT2D eigenvalue weighted by molar-refractivity contribution is 0.424. The number of nitrogens with zero attached hydrogens (tertiary/aromatic N) is 4. The third-order valence-electron chi connectivity index (χ3n) is 2.93. The molecule has 0 radical (unpaired) electrons. The van der Waals surface area contributed by atoms with E-state index in [1.54, 1.807) is 7.05 Å². The van der Waals surface area contributed by atoms with Gasteiger partial charge in [-0.1, -0.05) is 6.42 Å². The molecule has 6 heteroatoms. The molecule has 15 heavy (non-hydrogen) atoms. The van der Waals surface area contributed by atoms with Crippen molar-refractivity contribution in [3.8, 4) is 0 Å². The van der Waals surface area contributed by atoms with Crippen molar-refractivity contribution in [3.63, 3.8) is 0 Å². The second-order valence-electron chi connectivity index (χ2n) is 4.03. The average Bonchev–Trinajstić information content (AvgIpc) is 2.83. The zero-order valence-corrected chi connectivity index (χ0v) is 9.61. The van der Waals surface area contributed by atoms with Crippen LogP contribution in [-0.2, 0) is 13.6 Å². The summed E-state index contributed by atoms with van der Waals surface area (Å²) in [6.07, 6.45) is 3.70. The van der Waals surface area contributed by atoms with Crippen LogP contribution in [0.1, 0.15) is 25.1 Å². The van der Waals surface area contributed by atoms with Crippen LogP contribution in [0, 0.1) is 5.92 Å². The van der Waals surface area contributed by atoms with Gasteiger partial charge in [0.05, 0.1) is 13.6 Å². The molecule has 0 bridgehead atoms. The Morgan fingerprint density at radius 3 is 3.07 bits per heavy atom. The Morgan fingerprint density at radius 2 is 2.40 bits per heavy atom. The largest absolute Gasteiger partial charge is 0.307 e. The molecule has 0 aliphatic heterocycles. The van der Waals surface area contributed by atoms with Crippen molar-refractivity contribution in [2.75, 3.05) is 5.88 Å². The number of aromatic nitrogens is 4. The number of hydrogen-bond donors (Lipinski definition) is 1. The number of rotatable bonds is 4. The second-order valence-corrected chi connectivity index (χ2v) is 4.34. The van der Waals surface area contributed by atoms with Crippen molar-refractivity contribution in [2.24, 2.45) is 13.0 Å². The molecule has 2 rings (SSSR count). The van der Waals surface area contributed by atoms with E-state index in [4.69, 9.17) is 11.6 Å². The summed E-state index contributed by atoms with van der Waals surface area (Å²) in [5, 5.41) is 15.3. The lowest BCUT2D eigenvalue weighted by Gasteiger charge is -2.17. The Morgan fingerprint density at radius 1 is 1.53 bits per heavy atom. The summed E-state index contributed by atoms with van der Waals surface area (Å²) < 4.78 is 0. The molecule has 0 amide bonds. The predicted octanol–water partition coefficient (Wildman–Crippen LogP) is 0.707. The molecular weight excluding hydrogens is 214 g/mol. The van der Waals surface area contributed by atoms with Gasteiger partial charge in [0, 0.05) is 11.9 Å². The normalized spacial score (nSPS) is 26.0. The van der Waals surface area contributed by atoms with Crippen LogP contribution in [0.2, 0.25) is 0 Å². The van der Waals surface area contributed by atoms with Gasteiger partial charge in [0.2, 0.25) is 0 Å². The van der Waals surface area contributed by atoms with Gasteiger partial charge >= 0.3 is 0 Å². The Kier molecular flexibility index (Phi) is 3.53. The van der Waals surface area contributed by atoms with Crippen molar-refractivity contribution >= 4 is 11.6 Å². The van der Waals surface area contributed by atoms with E-state index in [2.05, 4.69) is 20.7 Å². The van der Waals surface area contributed by atoms with Gasteiger partial charge in [-0.2, -0.15) is 4.80 Å². The molecular formula is C9H16ClN5. The molecule has 1 aliphatic carbocycles. The van der Waals surface area contributed by atoms with Crippen molar-refractivity contribution in [1.82, 2.24) is 25.5 Å². The van der Waals surface area contributed by atoms with E-state index in [1.165, 1.54) is 24.1 Å². The van der Waals surface area contributed by atoms with Gasteiger partial charge in [0.1, 0.15) is 0 Å². The molecule has 0 aromatic carbocycles. The number of hydrogen-bond acceptors (Lipinski definition) is 4. The first-order chi connectivity index (χ1) is 7.29. The average molecular weight is 230 g/mol. The molecule has 1 aromatic rings. The van der Waals surface area contributed by atoms with Crippen LogP contribution in [-0.4, -0.2) is 32.1 Å². The Balaban J connectivity index is 1.82. The van der Waals surface area contributed by atoms with E-state index in [9.17, 15) is 0 Å². The lowest BCUT2D eigenvalue weighted by Crippen LogP contribution is -2.33. The van der Waals surface area contributed by atoms with Crippen molar-refractivity contribution in [3.05, 3.63) is 5.82 Å². The maximum Gasteiger partial charge on any atom is 0.188 e. The molecule has 1 fully saturated rings. The monoisotopic (exact) mass is 229 g/mol. The van der Waals surface area contributed by atoms with Gasteiger partial charge in [-0.15, -0.1) is 21.8 Å². The van der Waals surface area contributed by atoms with Gasteiger partial charge < -0.3 is 5.32 Å². The maximum absolute atomic E-state index is 5.90. The number of aryl methyl sites for hydroxylation is 1. The fourth-order valence-corrected chi connectivity index (χ4v) is 2.48.